The van der Waals surface area contributed by atoms with Gasteiger partial charge in [-0.1, -0.05) is 117 Å². The predicted molar refractivity (Wildman–Crippen MR) is 243 cm³/mol. The van der Waals surface area contributed by atoms with Crippen LogP contribution in [0.4, 0.5) is 0 Å². The molecule has 1 N–H and O–H groups in total. The zero-order chi connectivity index (χ0) is 39.8. The number of pyridine rings is 1. The Kier molecular flexibility index (Phi) is 9.20. The number of para-hydroxylation sites is 3. The molecule has 8 heteroatoms. The third-order valence-corrected chi connectivity index (χ3v) is 12.4. The number of thiophene rings is 1. The third kappa shape index (κ3) is 6.11. The summed E-state index contributed by atoms with van der Waals surface area (Å²) in [6, 6.07) is 57.2. The maximum Gasteiger partial charge on any atom is 0.152 e. The molecule has 0 amide bonds. The number of aromatic nitrogens is 4. The Balaban J connectivity index is 0.00000433. The van der Waals surface area contributed by atoms with Gasteiger partial charge < -0.3 is 14.4 Å². The molecule has 4 heterocycles. The van der Waals surface area contributed by atoms with Gasteiger partial charge in [0.1, 0.15) is 22.9 Å². The quantitative estimate of drug-likeness (QED) is 0.169. The fourth-order valence-electron chi connectivity index (χ4n) is 8.38. The van der Waals surface area contributed by atoms with E-state index in [9.17, 15) is 5.11 Å². The molecule has 0 unspecified atom stereocenters. The van der Waals surface area contributed by atoms with Crippen molar-refractivity contribution >= 4 is 64.3 Å². The first-order chi connectivity index (χ1) is 28.8. The Morgan fingerprint density at radius 2 is 1.42 bits per heavy atom. The number of imidazole rings is 1. The van der Waals surface area contributed by atoms with E-state index < -0.39 is 0 Å². The topological polar surface area (TPSA) is 65.1 Å². The van der Waals surface area contributed by atoms with E-state index in [0.29, 0.717) is 28.4 Å². The first kappa shape index (κ1) is 37.7. The van der Waals surface area contributed by atoms with Crippen LogP contribution in [0.5, 0.6) is 17.2 Å². The van der Waals surface area contributed by atoms with Crippen molar-refractivity contribution in [1.29, 1.82) is 0 Å². The van der Waals surface area contributed by atoms with Crippen LogP contribution in [0.25, 0.3) is 87.0 Å². The van der Waals surface area contributed by atoms with E-state index in [1.165, 1.54) is 31.1 Å². The SMILES string of the molecule is CC(C)(C)c1ccnc(-n2c3[c-]c(Oc4cccc5c4nc(-c4ccccc4O)n5-c4ccccc4-c4ccccc4)ccc3c3c4sc5ccccc5c4ccc32)c1.[Pt]. The number of fused-ring (bicyclic) bond motifs is 8. The van der Waals surface area contributed by atoms with Crippen molar-refractivity contribution in [2.75, 3.05) is 0 Å². The van der Waals surface area contributed by atoms with Crippen LogP contribution in [0.2, 0.25) is 0 Å². The molecule has 0 fully saturated rings. The van der Waals surface area contributed by atoms with Crippen LogP contribution >= 0.6 is 11.3 Å². The van der Waals surface area contributed by atoms with E-state index in [1.54, 1.807) is 6.07 Å². The van der Waals surface area contributed by atoms with Crippen LogP contribution in [0.1, 0.15) is 26.3 Å². The number of phenols is 1. The third-order valence-electron chi connectivity index (χ3n) is 11.2. The van der Waals surface area contributed by atoms with Gasteiger partial charge in [-0.15, -0.1) is 28.9 Å². The van der Waals surface area contributed by atoms with Crippen molar-refractivity contribution in [1.82, 2.24) is 19.1 Å². The summed E-state index contributed by atoms with van der Waals surface area (Å²) in [6.07, 6.45) is 1.90. The van der Waals surface area contributed by atoms with Gasteiger partial charge in [-0.05, 0) is 76.5 Å². The van der Waals surface area contributed by atoms with Crippen LogP contribution in [0.3, 0.4) is 0 Å². The second-order valence-corrected chi connectivity index (χ2v) is 17.0. The summed E-state index contributed by atoms with van der Waals surface area (Å²) in [5.74, 6) is 2.71. The number of nitrogens with zero attached hydrogens (tertiary/aromatic N) is 4. The minimum absolute atomic E-state index is 0. The minimum atomic E-state index is -0.0632. The molecule has 4 aromatic heterocycles. The molecule has 294 valence electrons. The average Bonchev–Trinajstić information content (AvgIpc) is 3.94. The average molecular weight is 977 g/mol. The minimum Gasteiger partial charge on any atom is -0.507 e. The molecule has 11 rings (SSSR count). The van der Waals surface area contributed by atoms with Crippen molar-refractivity contribution in [3.05, 3.63) is 176 Å². The molecule has 0 aliphatic carbocycles. The number of benzene rings is 7. The summed E-state index contributed by atoms with van der Waals surface area (Å²) < 4.78 is 13.7. The molecule has 0 atom stereocenters. The first-order valence-corrected chi connectivity index (χ1v) is 20.5. The Labute approximate surface area is 365 Å². The van der Waals surface area contributed by atoms with Crippen LogP contribution < -0.4 is 4.74 Å². The number of ether oxygens (including phenoxy) is 1. The molecule has 0 radical (unpaired) electrons. The number of hydrogen-bond acceptors (Lipinski definition) is 5. The van der Waals surface area contributed by atoms with Crippen LogP contribution in [-0.2, 0) is 26.5 Å². The second-order valence-electron chi connectivity index (χ2n) is 15.9. The molecule has 7 aromatic carbocycles. The van der Waals surface area contributed by atoms with E-state index in [0.717, 1.165) is 44.6 Å². The van der Waals surface area contributed by atoms with E-state index in [4.69, 9.17) is 14.7 Å². The Morgan fingerprint density at radius 3 is 2.25 bits per heavy atom. The molecule has 0 saturated carbocycles. The van der Waals surface area contributed by atoms with Gasteiger partial charge in [0.05, 0.1) is 16.8 Å². The van der Waals surface area contributed by atoms with Gasteiger partial charge >= 0.3 is 0 Å². The molecule has 0 aliphatic rings. The van der Waals surface area contributed by atoms with Gasteiger partial charge in [0.25, 0.3) is 0 Å². The number of aromatic hydroxyl groups is 1. The van der Waals surface area contributed by atoms with Crippen molar-refractivity contribution in [2.45, 2.75) is 26.2 Å². The summed E-state index contributed by atoms with van der Waals surface area (Å²) >= 11 is 1.82. The monoisotopic (exact) mass is 976 g/mol. The van der Waals surface area contributed by atoms with Gasteiger partial charge in [-0.3, -0.25) is 4.57 Å². The maximum atomic E-state index is 11.2. The second kappa shape index (κ2) is 14.6. The van der Waals surface area contributed by atoms with Crippen molar-refractivity contribution in [2.24, 2.45) is 0 Å². The Bertz CT molecular complexity index is 3430. The van der Waals surface area contributed by atoms with Crippen molar-refractivity contribution in [3.8, 4) is 51.3 Å². The molecule has 0 saturated heterocycles. The van der Waals surface area contributed by atoms with Gasteiger partial charge in [0, 0.05) is 64.3 Å². The van der Waals surface area contributed by atoms with E-state index in [2.05, 4.69) is 121 Å². The molecule has 0 aliphatic heterocycles. The number of phenolic OH excluding ortho intramolecular Hbond substituents is 1. The van der Waals surface area contributed by atoms with Gasteiger partial charge in [-0.2, -0.15) is 6.07 Å². The van der Waals surface area contributed by atoms with Gasteiger partial charge in [-0.25, -0.2) is 9.97 Å². The molecule has 11 aromatic rings. The Morgan fingerprint density at radius 1 is 0.667 bits per heavy atom. The fraction of sp³-hybridized carbons (Fsp3) is 0.0769. The van der Waals surface area contributed by atoms with E-state index in [1.807, 2.05) is 84.3 Å². The van der Waals surface area contributed by atoms with E-state index >= 15 is 0 Å². The number of rotatable bonds is 6. The largest absolute Gasteiger partial charge is 0.507 e. The fourth-order valence-corrected chi connectivity index (χ4v) is 9.64. The van der Waals surface area contributed by atoms with Crippen LogP contribution in [0.15, 0.2) is 164 Å². The van der Waals surface area contributed by atoms with Gasteiger partial charge in [0.2, 0.25) is 0 Å². The van der Waals surface area contributed by atoms with Crippen molar-refractivity contribution < 1.29 is 30.9 Å². The molecule has 60 heavy (non-hydrogen) atoms. The molecular weight excluding hydrogens is 940 g/mol. The standard InChI is InChI=1S/C52H37N4O2S.Pt/c1-52(2,3)33-28-29-53-47(30-33)55-41-27-26-37-36-17-9-12-23-46(36)59-50(37)48(41)38-25-24-34(31-43(38)55)58-45-22-13-20-42-49(45)54-51(39-18-8-11-21-44(39)57)56(42)40-19-10-7-16-35(40)32-14-5-4-6-15-32;/h4-30,57H,1-3H3;/q-1;. The molecule has 6 nitrogen and oxygen atoms in total. The van der Waals surface area contributed by atoms with E-state index in [-0.39, 0.29) is 32.2 Å². The molecule has 0 spiro atoms. The van der Waals surface area contributed by atoms with Crippen LogP contribution in [0, 0.1) is 6.07 Å². The predicted octanol–water partition coefficient (Wildman–Crippen LogP) is 13.8. The summed E-state index contributed by atoms with van der Waals surface area (Å²) in [6.45, 7) is 6.68. The van der Waals surface area contributed by atoms with Gasteiger partial charge in [0.15, 0.2) is 5.75 Å². The summed E-state index contributed by atoms with van der Waals surface area (Å²) in [4.78, 5) is 10.2. The summed E-state index contributed by atoms with van der Waals surface area (Å²) in [5.41, 5.74) is 8.26. The maximum absolute atomic E-state index is 11.2. The normalized spacial score (nSPS) is 11.8. The summed E-state index contributed by atoms with van der Waals surface area (Å²) in [7, 11) is 0. The Hall–Kier alpha value is -6.53. The zero-order valence-corrected chi connectivity index (χ0v) is 36.0. The molecule has 0 bridgehead atoms. The smallest absolute Gasteiger partial charge is 0.152 e. The number of hydrogen-bond donors (Lipinski definition) is 1. The molecular formula is C52H37N4O2PtS-. The van der Waals surface area contributed by atoms with Crippen molar-refractivity contribution in [3.63, 3.8) is 0 Å². The first-order valence-electron chi connectivity index (χ1n) is 19.7. The summed E-state index contributed by atoms with van der Waals surface area (Å²) in [5, 5.41) is 16.0. The van der Waals surface area contributed by atoms with Crippen LogP contribution in [-0.4, -0.2) is 24.2 Å². The zero-order valence-electron chi connectivity index (χ0n) is 33.0.